The highest BCUT2D eigenvalue weighted by atomic mass is 19.1. The summed E-state index contributed by atoms with van der Waals surface area (Å²) in [6, 6.07) is 24.9. The number of likely N-dealkylation sites (tertiary alicyclic amines) is 1. The summed E-state index contributed by atoms with van der Waals surface area (Å²) in [5.41, 5.74) is 3.75. The minimum Gasteiger partial charge on any atom is -0.444 e. The van der Waals surface area contributed by atoms with Crippen molar-refractivity contribution in [2.75, 3.05) is 46.4 Å². The van der Waals surface area contributed by atoms with Crippen LogP contribution < -0.4 is 16.0 Å². The van der Waals surface area contributed by atoms with Gasteiger partial charge in [0.15, 0.2) is 0 Å². The van der Waals surface area contributed by atoms with E-state index in [2.05, 4.69) is 39.8 Å². The number of carbonyl (C=O) groups is 1. The molecule has 4 N–H and O–H groups in total. The van der Waals surface area contributed by atoms with E-state index in [0.29, 0.717) is 13.1 Å². The summed E-state index contributed by atoms with van der Waals surface area (Å²) >= 11 is 0. The van der Waals surface area contributed by atoms with E-state index in [-0.39, 0.29) is 40.6 Å². The van der Waals surface area contributed by atoms with Gasteiger partial charge in [0.05, 0.1) is 23.5 Å². The molecule has 2 aromatic heterocycles. The first-order chi connectivity index (χ1) is 26.3. The second-order valence-electron chi connectivity index (χ2n) is 16.1. The number of nitrogens with one attached hydrogen (secondary N) is 3. The molecule has 1 amide bonds. The molecule has 2 unspecified atom stereocenters. The van der Waals surface area contributed by atoms with Gasteiger partial charge < -0.3 is 30.7 Å². The molecule has 4 aromatic rings. The van der Waals surface area contributed by atoms with E-state index in [4.69, 9.17) is 9.84 Å². The van der Waals surface area contributed by atoms with Gasteiger partial charge in [-0.2, -0.15) is 0 Å². The van der Waals surface area contributed by atoms with E-state index in [9.17, 15) is 13.6 Å². The van der Waals surface area contributed by atoms with Gasteiger partial charge in [0.2, 0.25) is 0 Å². The predicted octanol–water partition coefficient (Wildman–Crippen LogP) is 7.83. The van der Waals surface area contributed by atoms with Crippen LogP contribution in [0, 0.1) is 22.5 Å². The summed E-state index contributed by atoms with van der Waals surface area (Å²) in [6.07, 6.45) is 7.44. The van der Waals surface area contributed by atoms with Crippen LogP contribution in [-0.2, 0) is 4.74 Å². The molecule has 2 aliphatic heterocycles. The molecular formula is C44H60F2N6O3. The number of benzene rings is 2. The van der Waals surface area contributed by atoms with Gasteiger partial charge in [-0.05, 0) is 130 Å². The number of pyridine rings is 2. The first-order valence-electron chi connectivity index (χ1n) is 19.2. The van der Waals surface area contributed by atoms with Crippen LogP contribution >= 0.6 is 0 Å². The normalized spacial score (nSPS) is 17.4. The molecule has 298 valence electrons. The Hall–Kier alpha value is -4.29. The number of halogens is 2. The molecule has 0 aliphatic carbocycles. The van der Waals surface area contributed by atoms with E-state index in [0.717, 1.165) is 68.6 Å². The SMILES string of the molecule is CC1(CNC(c2ccc(F)cc2)c2ccccn2)CCN(C(=O)OC(C)(C)C)CC1.CC1(CNC(c2ccc(F)cc2)c2ccccn2)CCNCC1.CO. The molecule has 2 saturated heterocycles. The van der Waals surface area contributed by atoms with Crippen molar-refractivity contribution in [1.29, 1.82) is 0 Å². The standard InChI is InChI=1S/C24H32FN3O2.C19H24FN3.CH4O/c1-23(2,3)30-22(29)28-15-12-24(4,13-16-28)17-27-21(20-7-5-6-14-26-20)18-8-10-19(25)11-9-18;1-19(9-12-21-13-10-19)14-23-18(17-4-2-3-11-22-17)15-5-7-16(20)8-6-15;1-2/h5-11,14,21,27H,12-13,15-17H2,1-4H3;2-8,11,18,21,23H,9-10,12-14H2,1H3;2H,1H3. The molecule has 2 aliphatic rings. The fraction of sp³-hybridized carbons (Fsp3) is 0.477. The van der Waals surface area contributed by atoms with Gasteiger partial charge in [-0.1, -0.05) is 50.2 Å². The van der Waals surface area contributed by atoms with Crippen molar-refractivity contribution in [2.24, 2.45) is 10.8 Å². The molecule has 6 rings (SSSR count). The molecule has 2 atom stereocenters. The molecule has 11 heteroatoms. The number of hydrogen-bond donors (Lipinski definition) is 4. The Morgan fingerprint density at radius 1 is 0.745 bits per heavy atom. The Kier molecular flexibility index (Phi) is 16.3. The Labute approximate surface area is 326 Å². The molecule has 55 heavy (non-hydrogen) atoms. The monoisotopic (exact) mass is 758 g/mol. The number of carbonyl (C=O) groups excluding carboxylic acids is 1. The van der Waals surface area contributed by atoms with Crippen LogP contribution in [0.2, 0.25) is 0 Å². The number of amides is 1. The van der Waals surface area contributed by atoms with E-state index in [1.165, 1.54) is 37.1 Å². The molecule has 2 aromatic carbocycles. The van der Waals surface area contributed by atoms with Gasteiger partial charge in [-0.3, -0.25) is 9.97 Å². The maximum atomic E-state index is 13.4. The van der Waals surface area contributed by atoms with Crippen molar-refractivity contribution in [3.63, 3.8) is 0 Å². The Morgan fingerprint density at radius 3 is 1.55 bits per heavy atom. The topological polar surface area (TPSA) is 112 Å². The lowest BCUT2D eigenvalue weighted by molar-refractivity contribution is 0.0118. The van der Waals surface area contributed by atoms with Gasteiger partial charge in [-0.15, -0.1) is 0 Å². The van der Waals surface area contributed by atoms with Gasteiger partial charge >= 0.3 is 6.09 Å². The van der Waals surface area contributed by atoms with Crippen LogP contribution in [0.5, 0.6) is 0 Å². The summed E-state index contributed by atoms with van der Waals surface area (Å²) in [4.78, 5) is 23.1. The summed E-state index contributed by atoms with van der Waals surface area (Å²) in [6.45, 7) is 15.4. The minimum absolute atomic E-state index is 0.0106. The van der Waals surface area contributed by atoms with Crippen molar-refractivity contribution in [3.05, 3.63) is 131 Å². The third-order valence-electron chi connectivity index (χ3n) is 10.3. The number of aliphatic hydroxyl groups excluding tert-OH is 1. The summed E-state index contributed by atoms with van der Waals surface area (Å²) in [5.74, 6) is -0.459. The van der Waals surface area contributed by atoms with Crippen molar-refractivity contribution in [3.8, 4) is 0 Å². The first kappa shape index (κ1) is 43.4. The lowest BCUT2D eigenvalue weighted by Gasteiger charge is -2.40. The van der Waals surface area contributed by atoms with Crippen LogP contribution in [0.4, 0.5) is 13.6 Å². The Morgan fingerprint density at radius 2 is 1.16 bits per heavy atom. The fourth-order valence-electron chi connectivity index (χ4n) is 6.83. The smallest absolute Gasteiger partial charge is 0.410 e. The average Bonchev–Trinajstić information content (AvgIpc) is 3.18. The van der Waals surface area contributed by atoms with Crippen molar-refractivity contribution >= 4 is 6.09 Å². The molecule has 0 bridgehead atoms. The minimum atomic E-state index is -0.482. The number of rotatable bonds is 10. The lowest BCUT2D eigenvalue weighted by atomic mass is 9.80. The van der Waals surface area contributed by atoms with Crippen LogP contribution in [0.3, 0.4) is 0 Å². The second kappa shape index (κ2) is 20.6. The van der Waals surface area contributed by atoms with Gasteiger partial charge in [0, 0.05) is 45.7 Å². The largest absolute Gasteiger partial charge is 0.444 e. The highest BCUT2D eigenvalue weighted by molar-refractivity contribution is 5.68. The molecule has 2 fully saturated rings. The zero-order chi connectivity index (χ0) is 39.9. The van der Waals surface area contributed by atoms with Gasteiger partial charge in [-0.25, -0.2) is 13.6 Å². The van der Waals surface area contributed by atoms with E-state index < -0.39 is 5.60 Å². The van der Waals surface area contributed by atoms with E-state index >= 15 is 0 Å². The quantitative estimate of drug-likeness (QED) is 0.130. The Bertz CT molecular complexity index is 1690. The van der Waals surface area contributed by atoms with E-state index in [1.807, 2.05) is 69.3 Å². The molecule has 4 heterocycles. The third-order valence-corrected chi connectivity index (χ3v) is 10.3. The highest BCUT2D eigenvalue weighted by Crippen LogP contribution is 2.33. The number of hydrogen-bond acceptors (Lipinski definition) is 8. The number of ether oxygens (including phenoxy) is 1. The van der Waals surface area contributed by atoms with Crippen LogP contribution in [0.1, 0.15) is 94.9 Å². The van der Waals surface area contributed by atoms with Gasteiger partial charge in [0.25, 0.3) is 0 Å². The maximum absolute atomic E-state index is 13.4. The lowest BCUT2D eigenvalue weighted by Crippen LogP contribution is -2.47. The van der Waals surface area contributed by atoms with Crippen molar-refractivity contribution in [1.82, 2.24) is 30.8 Å². The molecule has 0 saturated carbocycles. The summed E-state index contributed by atoms with van der Waals surface area (Å²) in [7, 11) is 1.00. The molecular weight excluding hydrogens is 699 g/mol. The van der Waals surface area contributed by atoms with Crippen LogP contribution in [0.15, 0.2) is 97.3 Å². The second-order valence-corrected chi connectivity index (χ2v) is 16.1. The number of nitrogens with zero attached hydrogens (tertiary/aromatic N) is 3. The summed E-state index contributed by atoms with van der Waals surface area (Å²) < 4.78 is 32.2. The predicted molar refractivity (Wildman–Crippen MR) is 214 cm³/mol. The maximum Gasteiger partial charge on any atom is 0.410 e. The number of aromatic nitrogens is 2. The number of aliphatic hydroxyl groups is 1. The van der Waals surface area contributed by atoms with Crippen molar-refractivity contribution < 1.29 is 23.4 Å². The van der Waals surface area contributed by atoms with Crippen LogP contribution in [-0.4, -0.2) is 78.0 Å². The number of piperidine rings is 2. The molecule has 0 spiro atoms. The molecule has 9 nitrogen and oxygen atoms in total. The molecule has 0 radical (unpaired) electrons. The highest BCUT2D eigenvalue weighted by Gasteiger charge is 2.34. The van der Waals surface area contributed by atoms with Crippen molar-refractivity contribution in [2.45, 2.75) is 78.0 Å². The third kappa shape index (κ3) is 13.8. The van der Waals surface area contributed by atoms with Crippen LogP contribution in [0.25, 0.3) is 0 Å². The zero-order valence-electron chi connectivity index (χ0n) is 33.3. The van der Waals surface area contributed by atoms with Gasteiger partial charge in [0.1, 0.15) is 17.2 Å². The average molecular weight is 759 g/mol. The first-order valence-corrected chi connectivity index (χ1v) is 19.2. The van der Waals surface area contributed by atoms with E-state index in [1.54, 1.807) is 29.4 Å². The zero-order valence-corrected chi connectivity index (χ0v) is 33.3. The Balaban J connectivity index is 0.000000241. The summed E-state index contributed by atoms with van der Waals surface area (Å²) in [5, 5.41) is 17.7. The fourth-order valence-corrected chi connectivity index (χ4v) is 6.83.